The lowest BCUT2D eigenvalue weighted by Crippen LogP contribution is -2.02. The Morgan fingerprint density at radius 2 is 2.14 bits per heavy atom. The minimum Gasteiger partial charge on any atom is -0.379 e. The van der Waals surface area contributed by atoms with E-state index in [0.29, 0.717) is 6.10 Å². The third-order valence-electron chi connectivity index (χ3n) is 0.596. The van der Waals surface area contributed by atoms with Gasteiger partial charge in [-0.1, -0.05) is 6.92 Å². The molecule has 0 aliphatic carbocycles. The van der Waals surface area contributed by atoms with Crippen molar-refractivity contribution in [3.05, 3.63) is 6.42 Å². The molecule has 0 saturated heterocycles. The number of hydrogen-bond acceptors (Lipinski definition) is 1. The van der Waals surface area contributed by atoms with Gasteiger partial charge in [-0.3, -0.25) is 0 Å². The fraction of sp³-hybridized carbons (Fsp3) is 0.833. The molecule has 0 aromatic heterocycles. The summed E-state index contributed by atoms with van der Waals surface area (Å²) in [5.74, 6) is 0. The van der Waals surface area contributed by atoms with E-state index in [1.165, 1.54) is 0 Å². The molecule has 0 aliphatic rings. The van der Waals surface area contributed by atoms with Crippen LogP contribution in [0.2, 0.25) is 0 Å². The third-order valence-corrected chi connectivity index (χ3v) is 0.596. The third kappa shape index (κ3) is 5.96. The highest BCUT2D eigenvalue weighted by molar-refractivity contribution is 4.52. The van der Waals surface area contributed by atoms with E-state index in [1.54, 1.807) is 0 Å². The van der Waals surface area contributed by atoms with Gasteiger partial charge in [-0.2, -0.15) is 0 Å². The molecule has 0 amide bonds. The fourth-order valence-corrected chi connectivity index (χ4v) is 0.289. The zero-order valence-corrected chi connectivity index (χ0v) is 5.27. The van der Waals surface area contributed by atoms with Crippen LogP contribution in [-0.2, 0) is 4.74 Å². The normalized spacial score (nSPS) is 10.3. The van der Waals surface area contributed by atoms with Crippen LogP contribution < -0.4 is 0 Å². The second-order valence-corrected chi connectivity index (χ2v) is 1.79. The molecule has 0 heterocycles. The van der Waals surface area contributed by atoms with Gasteiger partial charge in [-0.15, -0.1) is 0 Å². The van der Waals surface area contributed by atoms with E-state index in [-0.39, 0.29) is 0 Å². The lowest BCUT2D eigenvalue weighted by Gasteiger charge is -2.02. The van der Waals surface area contributed by atoms with Gasteiger partial charge in [0, 0.05) is 6.61 Å². The van der Waals surface area contributed by atoms with Gasteiger partial charge < -0.3 is 4.74 Å². The van der Waals surface area contributed by atoms with Crippen molar-refractivity contribution in [3.8, 4) is 0 Å². The monoisotopic (exact) mass is 101 g/mol. The molecular formula is C6H13O. The molecule has 1 nitrogen and oxygen atoms in total. The van der Waals surface area contributed by atoms with Gasteiger partial charge in [-0.25, -0.2) is 0 Å². The van der Waals surface area contributed by atoms with E-state index >= 15 is 0 Å². The Balaban J connectivity index is 2.68. The van der Waals surface area contributed by atoms with E-state index in [2.05, 4.69) is 0 Å². The lowest BCUT2D eigenvalue weighted by molar-refractivity contribution is 0.0957. The molecule has 0 aromatic rings. The zero-order chi connectivity index (χ0) is 5.70. The van der Waals surface area contributed by atoms with E-state index in [4.69, 9.17) is 4.74 Å². The molecule has 1 radical (unpaired) electrons. The minimum atomic E-state index is 0.371. The van der Waals surface area contributed by atoms with Crippen LogP contribution in [0.15, 0.2) is 0 Å². The summed E-state index contributed by atoms with van der Waals surface area (Å²) in [7, 11) is 0. The first-order valence-corrected chi connectivity index (χ1v) is 2.66. The molecule has 0 spiro atoms. The van der Waals surface area contributed by atoms with Crippen molar-refractivity contribution in [2.45, 2.75) is 26.9 Å². The molecule has 0 N–H and O–H groups in total. The van der Waals surface area contributed by atoms with Crippen molar-refractivity contribution >= 4 is 0 Å². The van der Waals surface area contributed by atoms with Crippen molar-refractivity contribution in [1.82, 2.24) is 0 Å². The average Bonchev–Trinajstić information content (AvgIpc) is 1.61. The molecule has 43 valence electrons. The Kier molecular flexibility index (Phi) is 4.10. The Bertz CT molecular complexity index is 33.2. The summed E-state index contributed by atoms with van der Waals surface area (Å²) >= 11 is 0. The molecule has 7 heavy (non-hydrogen) atoms. The standard InChI is InChI=1S/C6H13O/c1-4-5-7-6(2)3/h4,6H,5H2,1-3H3. The second-order valence-electron chi connectivity index (χ2n) is 1.79. The van der Waals surface area contributed by atoms with Crippen molar-refractivity contribution in [2.24, 2.45) is 0 Å². The van der Waals surface area contributed by atoms with Crippen LogP contribution in [0, 0.1) is 6.42 Å². The van der Waals surface area contributed by atoms with E-state index < -0.39 is 0 Å². The van der Waals surface area contributed by atoms with Crippen LogP contribution in [0.25, 0.3) is 0 Å². The molecular weight excluding hydrogens is 88.1 g/mol. The van der Waals surface area contributed by atoms with Crippen LogP contribution in [0.3, 0.4) is 0 Å². The molecule has 0 fully saturated rings. The van der Waals surface area contributed by atoms with E-state index in [1.807, 2.05) is 27.2 Å². The molecule has 0 atom stereocenters. The summed E-state index contributed by atoms with van der Waals surface area (Å²) in [6, 6.07) is 0. The van der Waals surface area contributed by atoms with Gasteiger partial charge in [-0.05, 0) is 20.3 Å². The van der Waals surface area contributed by atoms with Crippen LogP contribution >= 0.6 is 0 Å². The maximum Gasteiger partial charge on any atom is 0.0519 e. The molecule has 0 bridgehead atoms. The quantitative estimate of drug-likeness (QED) is 0.525. The van der Waals surface area contributed by atoms with Crippen LogP contribution in [0.5, 0.6) is 0 Å². The van der Waals surface area contributed by atoms with Gasteiger partial charge in [0.2, 0.25) is 0 Å². The first kappa shape index (κ1) is 6.96. The number of rotatable bonds is 3. The summed E-state index contributed by atoms with van der Waals surface area (Å²) in [6.07, 6.45) is 2.37. The summed E-state index contributed by atoms with van der Waals surface area (Å²) < 4.78 is 5.14. The van der Waals surface area contributed by atoms with Crippen molar-refractivity contribution in [1.29, 1.82) is 0 Å². The zero-order valence-electron chi connectivity index (χ0n) is 5.27. The second kappa shape index (κ2) is 4.13. The van der Waals surface area contributed by atoms with Gasteiger partial charge in [0.15, 0.2) is 0 Å². The largest absolute Gasteiger partial charge is 0.379 e. The number of hydrogen-bond donors (Lipinski definition) is 0. The topological polar surface area (TPSA) is 9.23 Å². The maximum absolute atomic E-state index is 5.14. The molecule has 0 unspecified atom stereocenters. The Labute approximate surface area is 45.7 Å². The molecule has 0 aromatic carbocycles. The molecule has 0 saturated carbocycles. The molecule has 0 rings (SSSR count). The Hall–Kier alpha value is -0.0400. The van der Waals surface area contributed by atoms with Crippen molar-refractivity contribution in [2.75, 3.05) is 6.61 Å². The lowest BCUT2D eigenvalue weighted by atomic mass is 10.4. The predicted molar refractivity (Wildman–Crippen MR) is 31.1 cm³/mol. The number of ether oxygens (including phenoxy) is 1. The van der Waals surface area contributed by atoms with Gasteiger partial charge in [0.05, 0.1) is 6.10 Å². The van der Waals surface area contributed by atoms with Gasteiger partial charge in [0.25, 0.3) is 0 Å². The highest BCUT2D eigenvalue weighted by Crippen LogP contribution is 1.86. The molecule has 0 aliphatic heterocycles. The minimum absolute atomic E-state index is 0.371. The molecule has 1 heteroatoms. The summed E-state index contributed by atoms with van der Waals surface area (Å²) in [6.45, 7) is 6.83. The van der Waals surface area contributed by atoms with Crippen LogP contribution in [0.1, 0.15) is 20.8 Å². The first-order valence-electron chi connectivity index (χ1n) is 2.66. The van der Waals surface area contributed by atoms with E-state index in [0.717, 1.165) is 6.61 Å². The fourth-order valence-electron chi connectivity index (χ4n) is 0.289. The average molecular weight is 101 g/mol. The van der Waals surface area contributed by atoms with Crippen LogP contribution in [0.4, 0.5) is 0 Å². The maximum atomic E-state index is 5.14. The van der Waals surface area contributed by atoms with Crippen molar-refractivity contribution < 1.29 is 4.74 Å². The first-order chi connectivity index (χ1) is 3.27. The smallest absolute Gasteiger partial charge is 0.0519 e. The van der Waals surface area contributed by atoms with Crippen molar-refractivity contribution in [3.63, 3.8) is 0 Å². The highest BCUT2D eigenvalue weighted by Gasteiger charge is 1.87. The van der Waals surface area contributed by atoms with E-state index in [9.17, 15) is 0 Å². The van der Waals surface area contributed by atoms with Crippen LogP contribution in [-0.4, -0.2) is 12.7 Å². The van der Waals surface area contributed by atoms with Gasteiger partial charge in [0.1, 0.15) is 0 Å². The Morgan fingerprint density at radius 1 is 1.57 bits per heavy atom. The summed E-state index contributed by atoms with van der Waals surface area (Å²) in [5, 5.41) is 0. The summed E-state index contributed by atoms with van der Waals surface area (Å²) in [4.78, 5) is 0. The Morgan fingerprint density at radius 3 is 2.29 bits per heavy atom. The predicted octanol–water partition coefficient (Wildman–Crippen LogP) is 1.64. The van der Waals surface area contributed by atoms with Gasteiger partial charge >= 0.3 is 0 Å². The summed E-state index contributed by atoms with van der Waals surface area (Å²) in [5.41, 5.74) is 0. The highest BCUT2D eigenvalue weighted by atomic mass is 16.5. The SMILES string of the molecule is C[CH]COC(C)C.